The van der Waals surface area contributed by atoms with Crippen LogP contribution in [0.25, 0.3) is 10.9 Å². The van der Waals surface area contributed by atoms with Gasteiger partial charge in [-0.25, -0.2) is 5.21 Å². The highest BCUT2D eigenvalue weighted by Crippen LogP contribution is 2.43. The third-order valence-electron chi connectivity index (χ3n) is 4.35. The summed E-state index contributed by atoms with van der Waals surface area (Å²) in [6, 6.07) is 13.7. The Hall–Kier alpha value is -2.38. The number of hydrogen-bond donors (Lipinski definition) is 3. The summed E-state index contributed by atoms with van der Waals surface area (Å²) in [5.41, 5.74) is 1.99. The van der Waals surface area contributed by atoms with Crippen LogP contribution >= 0.6 is 11.6 Å². The molecule has 0 bridgehead atoms. The molecule has 0 spiro atoms. The molecule has 0 aliphatic carbocycles. The highest BCUT2D eigenvalue weighted by molar-refractivity contribution is 6.37. The van der Waals surface area contributed by atoms with Gasteiger partial charge in [0.2, 0.25) is 0 Å². The zero-order chi connectivity index (χ0) is 16.8. The Bertz CT molecular complexity index is 907. The molecule has 0 radical (unpaired) electrons. The van der Waals surface area contributed by atoms with Crippen molar-refractivity contribution < 1.29 is 15.2 Å². The highest BCUT2D eigenvalue weighted by atomic mass is 35.5. The number of nitrogens with zero attached hydrogens (tertiary/aromatic N) is 1. The summed E-state index contributed by atoms with van der Waals surface area (Å²) in [7, 11) is 0. The van der Waals surface area contributed by atoms with Crippen LogP contribution in [0.5, 0.6) is 0 Å². The van der Waals surface area contributed by atoms with Gasteiger partial charge < -0.3 is 15.1 Å². The van der Waals surface area contributed by atoms with Crippen LogP contribution in [-0.2, 0) is 4.79 Å². The van der Waals surface area contributed by atoms with E-state index in [2.05, 4.69) is 4.98 Å². The normalized spacial score (nSPS) is 21.8. The summed E-state index contributed by atoms with van der Waals surface area (Å²) in [6.07, 6.45) is 1.83. The zero-order valence-electron chi connectivity index (χ0n) is 12.4. The van der Waals surface area contributed by atoms with Crippen molar-refractivity contribution in [2.75, 3.05) is 4.90 Å². The first-order valence-corrected chi connectivity index (χ1v) is 7.87. The van der Waals surface area contributed by atoms with Crippen molar-refractivity contribution in [1.82, 2.24) is 4.98 Å². The molecule has 0 amide bonds. The molecular formula is C17H14ClN3O3. The Morgan fingerprint density at radius 1 is 1.17 bits per heavy atom. The number of halogens is 1. The first-order valence-electron chi connectivity index (χ1n) is 7.43. The van der Waals surface area contributed by atoms with Gasteiger partial charge in [0.05, 0.1) is 0 Å². The molecule has 3 atom stereocenters. The molecule has 3 aromatic rings. The van der Waals surface area contributed by atoms with Crippen molar-refractivity contribution >= 4 is 39.7 Å². The number of carbonyl (C=O) groups is 1. The Balaban J connectivity index is 1.73. The number of H-pyrrole nitrogens is 1. The van der Waals surface area contributed by atoms with Gasteiger partial charge in [-0.2, -0.15) is 5.23 Å². The maximum Gasteiger partial charge on any atom is 0.197 e. The lowest BCUT2D eigenvalue weighted by Gasteiger charge is -2.45. The van der Waals surface area contributed by atoms with Gasteiger partial charge >= 0.3 is 0 Å². The van der Waals surface area contributed by atoms with E-state index in [0.29, 0.717) is 0 Å². The van der Waals surface area contributed by atoms with Crippen LogP contribution in [-0.4, -0.2) is 21.5 Å². The minimum Gasteiger partial charge on any atom is -0.595 e. The number of benzene rings is 2. The Kier molecular flexibility index (Phi) is 3.54. The second-order valence-electron chi connectivity index (χ2n) is 5.69. The molecule has 1 fully saturated rings. The molecule has 1 saturated heterocycles. The number of fused-ring (bicyclic) bond motifs is 1. The third kappa shape index (κ3) is 2.20. The topological polar surface area (TPSA) is 83.8 Å². The molecule has 3 unspecified atom stereocenters. The van der Waals surface area contributed by atoms with Gasteiger partial charge in [0.25, 0.3) is 0 Å². The standard InChI is InChI=1S/C17H14ClN3O3/c18-17-16(22)15(13-9-19-14-4-2-1-3-12(13)14)20(17)10-5-7-11(8-6-10)21(23)24/h1-9,15,17,19,21,23H. The van der Waals surface area contributed by atoms with E-state index in [1.54, 1.807) is 17.0 Å². The average molecular weight is 344 g/mol. The smallest absolute Gasteiger partial charge is 0.197 e. The summed E-state index contributed by atoms with van der Waals surface area (Å²) in [5.74, 6) is -0.0660. The molecular weight excluding hydrogens is 330 g/mol. The minimum atomic E-state index is -0.989. The van der Waals surface area contributed by atoms with Gasteiger partial charge in [0, 0.05) is 40.5 Å². The van der Waals surface area contributed by atoms with E-state index in [1.807, 2.05) is 30.5 Å². The van der Waals surface area contributed by atoms with Crippen LogP contribution in [0.4, 0.5) is 11.4 Å². The van der Waals surface area contributed by atoms with Crippen LogP contribution in [0.3, 0.4) is 0 Å². The molecule has 1 aliphatic rings. The van der Waals surface area contributed by atoms with Crippen LogP contribution in [0, 0.1) is 5.21 Å². The number of para-hydroxylation sites is 1. The fourth-order valence-electron chi connectivity index (χ4n) is 3.13. The number of nitrogens with one attached hydrogen (secondary N) is 2. The first kappa shape index (κ1) is 15.2. The minimum absolute atomic E-state index is 0.0660. The average Bonchev–Trinajstić information content (AvgIpc) is 3.02. The van der Waals surface area contributed by atoms with Gasteiger partial charge in [0.15, 0.2) is 17.0 Å². The van der Waals surface area contributed by atoms with Crippen molar-refractivity contribution in [1.29, 1.82) is 0 Å². The Morgan fingerprint density at radius 2 is 1.88 bits per heavy atom. The Labute approximate surface area is 142 Å². The number of aromatic amines is 1. The van der Waals surface area contributed by atoms with Gasteiger partial charge in [-0.15, -0.1) is 0 Å². The van der Waals surface area contributed by atoms with E-state index in [1.165, 1.54) is 12.1 Å². The fourth-order valence-corrected chi connectivity index (χ4v) is 3.48. The monoisotopic (exact) mass is 343 g/mol. The van der Waals surface area contributed by atoms with E-state index in [9.17, 15) is 10.0 Å². The van der Waals surface area contributed by atoms with Crippen LogP contribution in [0.2, 0.25) is 0 Å². The number of aromatic nitrogens is 1. The van der Waals surface area contributed by atoms with Crippen molar-refractivity contribution in [3.05, 3.63) is 65.5 Å². The summed E-state index contributed by atoms with van der Waals surface area (Å²) in [4.78, 5) is 17.3. The highest BCUT2D eigenvalue weighted by Gasteiger charge is 2.48. The number of carbonyl (C=O) groups excluding carboxylic acids is 1. The van der Waals surface area contributed by atoms with E-state index in [-0.39, 0.29) is 11.5 Å². The van der Waals surface area contributed by atoms with E-state index in [4.69, 9.17) is 16.8 Å². The summed E-state index contributed by atoms with van der Waals surface area (Å²) in [6.45, 7) is 0. The van der Waals surface area contributed by atoms with Crippen LogP contribution in [0.1, 0.15) is 11.6 Å². The molecule has 2 heterocycles. The summed E-state index contributed by atoms with van der Waals surface area (Å²) < 4.78 is 0. The van der Waals surface area contributed by atoms with Crippen molar-refractivity contribution in [2.24, 2.45) is 0 Å². The largest absolute Gasteiger partial charge is 0.595 e. The molecule has 2 aromatic carbocycles. The third-order valence-corrected chi connectivity index (χ3v) is 4.78. The number of anilines is 1. The van der Waals surface area contributed by atoms with E-state index >= 15 is 0 Å². The molecule has 122 valence electrons. The van der Waals surface area contributed by atoms with Crippen LogP contribution in [0.15, 0.2) is 54.7 Å². The second kappa shape index (κ2) is 5.61. The van der Waals surface area contributed by atoms with Crippen molar-refractivity contribution in [3.63, 3.8) is 0 Å². The van der Waals surface area contributed by atoms with Crippen molar-refractivity contribution in [2.45, 2.75) is 11.5 Å². The first-order chi connectivity index (χ1) is 11.6. The lowest BCUT2D eigenvalue weighted by atomic mass is 9.91. The van der Waals surface area contributed by atoms with E-state index < -0.39 is 16.8 Å². The number of alkyl halides is 1. The molecule has 1 aliphatic heterocycles. The SMILES string of the molecule is O=C1C(Cl)N(c2ccc([NH+]([O-])O)cc2)C1c1c[nH]c2ccccc12. The molecule has 3 N–H and O–H groups in total. The van der Waals surface area contributed by atoms with Crippen LogP contribution < -0.4 is 10.1 Å². The van der Waals surface area contributed by atoms with Gasteiger partial charge in [0.1, 0.15) is 6.04 Å². The van der Waals surface area contributed by atoms with Gasteiger partial charge in [-0.05, 0) is 18.2 Å². The molecule has 6 nitrogen and oxygen atoms in total. The second-order valence-corrected chi connectivity index (χ2v) is 6.10. The van der Waals surface area contributed by atoms with E-state index in [0.717, 1.165) is 22.2 Å². The van der Waals surface area contributed by atoms with Gasteiger partial charge in [-0.1, -0.05) is 29.8 Å². The fraction of sp³-hybridized carbons (Fsp3) is 0.118. The number of hydrogen-bond acceptors (Lipinski definition) is 4. The lowest BCUT2D eigenvalue weighted by molar-refractivity contribution is -0.991. The Morgan fingerprint density at radius 3 is 2.58 bits per heavy atom. The maximum atomic E-state index is 12.4. The number of Topliss-reactive ketones (excluding diaryl/α,β-unsaturated/α-hetero) is 1. The quantitative estimate of drug-likeness (QED) is 0.387. The summed E-state index contributed by atoms with van der Waals surface area (Å²) in [5, 5.41) is 20.0. The predicted molar refractivity (Wildman–Crippen MR) is 90.4 cm³/mol. The van der Waals surface area contributed by atoms with Gasteiger partial charge in [-0.3, -0.25) is 4.79 Å². The molecule has 4 rings (SSSR count). The molecule has 0 saturated carbocycles. The number of rotatable bonds is 3. The molecule has 24 heavy (non-hydrogen) atoms. The number of quaternary nitrogens is 1. The number of ketones is 1. The maximum absolute atomic E-state index is 12.4. The van der Waals surface area contributed by atoms with Crippen molar-refractivity contribution in [3.8, 4) is 0 Å². The summed E-state index contributed by atoms with van der Waals surface area (Å²) >= 11 is 6.22. The zero-order valence-corrected chi connectivity index (χ0v) is 13.2. The lowest BCUT2D eigenvalue weighted by Crippen LogP contribution is -2.99. The molecule has 1 aromatic heterocycles. The molecule has 7 heteroatoms. The predicted octanol–water partition coefficient (Wildman–Crippen LogP) is 2.27.